The van der Waals surface area contributed by atoms with E-state index in [0.29, 0.717) is 5.75 Å². The van der Waals surface area contributed by atoms with Crippen LogP contribution in [0.2, 0.25) is 5.04 Å². The summed E-state index contributed by atoms with van der Waals surface area (Å²) in [6.07, 6.45) is 0. The minimum atomic E-state index is -1.75. The van der Waals surface area contributed by atoms with Gasteiger partial charge in [0.2, 0.25) is 0 Å². The third-order valence-corrected chi connectivity index (χ3v) is 7.81. The summed E-state index contributed by atoms with van der Waals surface area (Å²) in [5, 5.41) is 18.8. The molecule has 0 spiro atoms. The molecule has 0 unspecified atom stereocenters. The highest BCUT2D eigenvalue weighted by Gasteiger charge is 2.40. The lowest BCUT2D eigenvalue weighted by atomic mass is 9.80. The molecule has 3 aromatic carbocycles. The van der Waals surface area contributed by atoms with Crippen LogP contribution in [0.15, 0.2) is 78.9 Å². The summed E-state index contributed by atoms with van der Waals surface area (Å²) < 4.78 is 20.6. The molecule has 149 valence electrons. The fourth-order valence-corrected chi connectivity index (χ4v) is 6.00. The van der Waals surface area contributed by atoms with Crippen molar-refractivity contribution < 1.29 is 18.9 Å². The van der Waals surface area contributed by atoms with Crippen LogP contribution in [0.4, 0.5) is 4.39 Å². The Morgan fingerprint density at radius 1 is 0.862 bits per heavy atom. The lowest BCUT2D eigenvalue weighted by molar-refractivity contribution is 0.424. The van der Waals surface area contributed by atoms with Gasteiger partial charge in [0.1, 0.15) is 11.6 Å². The first-order chi connectivity index (χ1) is 13.8. The predicted molar refractivity (Wildman–Crippen MR) is 117 cm³/mol. The van der Waals surface area contributed by atoms with Crippen LogP contribution >= 0.6 is 0 Å². The second-order valence-corrected chi connectivity index (χ2v) is 11.1. The average Bonchev–Trinajstić information content (AvgIpc) is 2.68. The van der Waals surface area contributed by atoms with Crippen LogP contribution in [0.25, 0.3) is 0 Å². The topological polar surface area (TPSA) is 49.7 Å². The summed E-state index contributed by atoms with van der Waals surface area (Å²) in [5.74, 6) is -0.245. The number of halogens is 1. The second-order valence-electron chi connectivity index (χ2n) is 8.06. The van der Waals surface area contributed by atoms with Crippen LogP contribution in [0.5, 0.6) is 5.75 Å². The molecule has 0 amide bonds. The van der Waals surface area contributed by atoms with Crippen LogP contribution in [0.3, 0.4) is 0 Å². The minimum Gasteiger partial charge on any atom is -0.540 e. The Labute approximate surface area is 173 Å². The van der Waals surface area contributed by atoms with Gasteiger partial charge in [-0.3, -0.25) is 0 Å². The molecule has 29 heavy (non-hydrogen) atoms. The molecule has 3 rings (SSSR count). The van der Waals surface area contributed by atoms with Crippen molar-refractivity contribution in [1.29, 1.82) is 0 Å². The Kier molecular flexibility index (Phi) is 6.57. The van der Waals surface area contributed by atoms with Crippen molar-refractivity contribution in [2.24, 2.45) is 0 Å². The van der Waals surface area contributed by atoms with Crippen molar-refractivity contribution in [1.82, 2.24) is 0 Å². The standard InChI is InChI=1S/C23H25BFO3Si/c1-23(2,3)29(28-21-15-19(24(26)27)14-20(25)16-21)22(17-10-6-4-7-11-17)18-12-8-5-9-13-18/h4-16,22,26-27H,1-3H3. The Morgan fingerprint density at radius 2 is 1.38 bits per heavy atom. The molecule has 0 saturated carbocycles. The molecule has 0 aromatic heterocycles. The van der Waals surface area contributed by atoms with E-state index in [0.717, 1.165) is 17.2 Å². The van der Waals surface area contributed by atoms with Gasteiger partial charge in [0.25, 0.3) is 9.04 Å². The first-order valence-electron chi connectivity index (χ1n) is 9.57. The van der Waals surface area contributed by atoms with Gasteiger partial charge in [0.15, 0.2) is 0 Å². The monoisotopic (exact) mass is 407 g/mol. The maximum Gasteiger partial charge on any atom is 0.488 e. The Bertz CT molecular complexity index is 890. The van der Waals surface area contributed by atoms with Crippen molar-refractivity contribution in [3.05, 3.63) is 95.8 Å². The summed E-state index contributed by atoms with van der Waals surface area (Å²) in [6.45, 7) is 6.38. The molecular formula is C23H25BFO3Si. The third-order valence-electron chi connectivity index (χ3n) is 4.69. The van der Waals surface area contributed by atoms with Crippen molar-refractivity contribution >= 4 is 21.6 Å². The van der Waals surface area contributed by atoms with Gasteiger partial charge in [-0.2, -0.15) is 0 Å². The molecule has 0 aliphatic carbocycles. The number of rotatable bonds is 6. The quantitative estimate of drug-likeness (QED) is 0.607. The normalized spacial score (nSPS) is 11.7. The van der Waals surface area contributed by atoms with E-state index < -0.39 is 22.0 Å². The van der Waals surface area contributed by atoms with Gasteiger partial charge in [-0.05, 0) is 33.8 Å². The third kappa shape index (κ3) is 5.35. The Morgan fingerprint density at radius 3 is 1.83 bits per heavy atom. The van der Waals surface area contributed by atoms with Crippen LogP contribution < -0.4 is 9.89 Å². The van der Waals surface area contributed by atoms with Gasteiger partial charge in [0, 0.05) is 11.6 Å². The average molecular weight is 407 g/mol. The van der Waals surface area contributed by atoms with E-state index in [1.54, 1.807) is 0 Å². The summed E-state index contributed by atoms with van der Waals surface area (Å²) in [4.78, 5) is 0. The van der Waals surface area contributed by atoms with Gasteiger partial charge in [-0.25, -0.2) is 4.39 Å². The van der Waals surface area contributed by atoms with Crippen molar-refractivity contribution in [3.8, 4) is 5.75 Å². The van der Waals surface area contributed by atoms with E-state index in [2.05, 4.69) is 45.0 Å². The first-order valence-corrected chi connectivity index (χ1v) is 11.1. The van der Waals surface area contributed by atoms with Crippen LogP contribution in [-0.4, -0.2) is 26.2 Å². The molecule has 0 heterocycles. The van der Waals surface area contributed by atoms with E-state index in [4.69, 9.17) is 4.43 Å². The number of hydrogen-bond acceptors (Lipinski definition) is 3. The molecule has 1 radical (unpaired) electrons. The summed E-state index contributed by atoms with van der Waals surface area (Å²) >= 11 is 0. The SMILES string of the molecule is CC(C)(C)[Si](Oc1cc(F)cc(B(O)O)c1)C(c1ccccc1)c1ccccc1. The summed E-state index contributed by atoms with van der Waals surface area (Å²) in [6, 6.07) is 24.3. The predicted octanol–water partition coefficient (Wildman–Crippen LogP) is 4.05. The molecule has 0 atom stereocenters. The van der Waals surface area contributed by atoms with Gasteiger partial charge in [0.05, 0.1) is 0 Å². The zero-order chi connectivity index (χ0) is 21.0. The number of hydrogen-bond donors (Lipinski definition) is 2. The molecule has 3 aromatic rings. The minimum absolute atomic E-state index is 0.00756. The van der Waals surface area contributed by atoms with Gasteiger partial charge in [-0.1, -0.05) is 81.4 Å². The fraction of sp³-hybridized carbons (Fsp3) is 0.217. The highest BCUT2D eigenvalue weighted by molar-refractivity contribution is 6.59. The Hall–Kier alpha value is -2.41. The fourth-order valence-electron chi connectivity index (χ4n) is 3.35. The first kappa shape index (κ1) is 21.3. The van der Waals surface area contributed by atoms with E-state index in [1.165, 1.54) is 12.1 Å². The molecule has 0 bridgehead atoms. The lowest BCUT2D eigenvalue weighted by Crippen LogP contribution is -2.40. The summed E-state index contributed by atoms with van der Waals surface area (Å²) in [7, 11) is -3.40. The molecule has 0 fully saturated rings. The maximum absolute atomic E-state index is 14.1. The lowest BCUT2D eigenvalue weighted by Gasteiger charge is -2.35. The van der Waals surface area contributed by atoms with E-state index in [1.807, 2.05) is 36.4 Å². The highest BCUT2D eigenvalue weighted by Crippen LogP contribution is 2.40. The number of benzene rings is 3. The van der Waals surface area contributed by atoms with E-state index in [9.17, 15) is 14.4 Å². The largest absolute Gasteiger partial charge is 0.540 e. The highest BCUT2D eigenvalue weighted by atomic mass is 28.3. The molecule has 2 N–H and O–H groups in total. The van der Waals surface area contributed by atoms with Gasteiger partial charge < -0.3 is 14.5 Å². The molecule has 3 nitrogen and oxygen atoms in total. The Balaban J connectivity index is 2.09. The molecule has 0 aliphatic rings. The van der Waals surface area contributed by atoms with Crippen molar-refractivity contribution in [2.75, 3.05) is 0 Å². The van der Waals surface area contributed by atoms with Gasteiger partial charge in [-0.15, -0.1) is 0 Å². The smallest absolute Gasteiger partial charge is 0.488 e. The summed E-state index contributed by atoms with van der Waals surface area (Å²) in [5.41, 5.74) is 2.36. The zero-order valence-corrected chi connectivity index (χ0v) is 17.8. The van der Waals surface area contributed by atoms with Crippen LogP contribution in [0.1, 0.15) is 37.4 Å². The van der Waals surface area contributed by atoms with Crippen LogP contribution in [0, 0.1) is 5.82 Å². The van der Waals surface area contributed by atoms with E-state index in [-0.39, 0.29) is 16.0 Å². The van der Waals surface area contributed by atoms with Gasteiger partial charge >= 0.3 is 7.12 Å². The van der Waals surface area contributed by atoms with Crippen molar-refractivity contribution in [3.63, 3.8) is 0 Å². The molecular weight excluding hydrogens is 382 g/mol. The zero-order valence-electron chi connectivity index (χ0n) is 16.8. The molecule has 0 aliphatic heterocycles. The van der Waals surface area contributed by atoms with E-state index >= 15 is 0 Å². The second kappa shape index (κ2) is 8.95. The molecule has 0 saturated heterocycles. The molecule has 6 heteroatoms. The van der Waals surface area contributed by atoms with Crippen LogP contribution in [-0.2, 0) is 0 Å². The van der Waals surface area contributed by atoms with Crippen molar-refractivity contribution in [2.45, 2.75) is 31.4 Å². The maximum atomic E-state index is 14.1.